The molecule has 1 atom stereocenters. The first-order chi connectivity index (χ1) is 7.72. The van der Waals surface area contributed by atoms with E-state index in [1.165, 1.54) is 0 Å². The molecule has 1 N–H and O–H groups in total. The smallest absolute Gasteiger partial charge is 0.417 e. The summed E-state index contributed by atoms with van der Waals surface area (Å²) < 4.78 is 5.03. The van der Waals surface area contributed by atoms with Gasteiger partial charge >= 0.3 is 12.1 Å². The van der Waals surface area contributed by atoms with Crippen molar-refractivity contribution in [3.05, 3.63) is 0 Å². The summed E-state index contributed by atoms with van der Waals surface area (Å²) in [5, 5.41) is 8.97. The molecule has 0 saturated carbocycles. The number of ether oxygens (including phenoxy) is 1. The molecule has 6 heteroatoms. The minimum absolute atomic E-state index is 0.184. The van der Waals surface area contributed by atoms with Crippen LogP contribution in [0.4, 0.5) is 4.79 Å². The molecule has 1 rings (SSSR count). The van der Waals surface area contributed by atoms with Crippen LogP contribution in [-0.4, -0.2) is 39.6 Å². The van der Waals surface area contributed by atoms with Gasteiger partial charge in [-0.15, -0.1) is 0 Å². The predicted molar refractivity (Wildman–Crippen MR) is 58.4 cm³/mol. The predicted octanol–water partition coefficient (Wildman–Crippen LogP) is 1.39. The summed E-state index contributed by atoms with van der Waals surface area (Å²) in [5.74, 6) is -1.66. The largest absolute Gasteiger partial charge is 0.480 e. The van der Waals surface area contributed by atoms with E-state index in [2.05, 4.69) is 0 Å². The number of imide groups is 1. The summed E-state index contributed by atoms with van der Waals surface area (Å²) in [7, 11) is 0. The molecular weight excluding hydrogens is 226 g/mol. The van der Waals surface area contributed by atoms with Crippen LogP contribution in [0.15, 0.2) is 0 Å². The third-order valence-corrected chi connectivity index (χ3v) is 2.32. The van der Waals surface area contributed by atoms with Gasteiger partial charge in [0.2, 0.25) is 5.91 Å². The average Bonchev–Trinajstić information content (AvgIpc) is 2.13. The Morgan fingerprint density at radius 1 is 1.41 bits per heavy atom. The highest BCUT2D eigenvalue weighted by Crippen LogP contribution is 2.21. The van der Waals surface area contributed by atoms with Crippen LogP contribution in [0.5, 0.6) is 0 Å². The highest BCUT2D eigenvalue weighted by atomic mass is 16.6. The number of carboxylic acid groups (broad SMARTS) is 1. The van der Waals surface area contributed by atoms with E-state index >= 15 is 0 Å². The highest BCUT2D eigenvalue weighted by molar-refractivity contribution is 5.97. The molecule has 1 heterocycles. The second kappa shape index (κ2) is 4.73. The maximum absolute atomic E-state index is 11.8. The van der Waals surface area contributed by atoms with Crippen molar-refractivity contribution in [1.29, 1.82) is 0 Å². The fourth-order valence-electron chi connectivity index (χ4n) is 1.64. The number of hydrogen-bond acceptors (Lipinski definition) is 4. The van der Waals surface area contributed by atoms with Gasteiger partial charge in [-0.1, -0.05) is 0 Å². The van der Waals surface area contributed by atoms with Gasteiger partial charge in [-0.2, -0.15) is 0 Å². The summed E-state index contributed by atoms with van der Waals surface area (Å²) in [6.45, 7) is 4.99. The average molecular weight is 243 g/mol. The van der Waals surface area contributed by atoms with E-state index in [1.807, 2.05) is 0 Å². The number of carbonyl (C=O) groups is 3. The zero-order chi connectivity index (χ0) is 13.2. The van der Waals surface area contributed by atoms with E-state index in [9.17, 15) is 14.4 Å². The Bertz CT molecular complexity index is 344. The number of nitrogens with zero attached hydrogens (tertiary/aromatic N) is 1. The zero-order valence-electron chi connectivity index (χ0n) is 10.2. The Hall–Kier alpha value is -1.59. The van der Waals surface area contributed by atoms with E-state index in [1.54, 1.807) is 20.8 Å². The maximum Gasteiger partial charge on any atom is 0.417 e. The molecule has 1 aliphatic heterocycles. The van der Waals surface area contributed by atoms with Gasteiger partial charge in [0.1, 0.15) is 11.6 Å². The van der Waals surface area contributed by atoms with Crippen LogP contribution in [0.3, 0.4) is 0 Å². The van der Waals surface area contributed by atoms with Crippen molar-refractivity contribution in [2.75, 3.05) is 0 Å². The second-order valence-corrected chi connectivity index (χ2v) is 4.99. The Balaban J connectivity index is 2.85. The number of carboxylic acids is 1. The van der Waals surface area contributed by atoms with E-state index in [-0.39, 0.29) is 12.8 Å². The third-order valence-electron chi connectivity index (χ3n) is 2.32. The van der Waals surface area contributed by atoms with Gasteiger partial charge in [0, 0.05) is 6.42 Å². The fraction of sp³-hybridized carbons (Fsp3) is 0.727. The fourth-order valence-corrected chi connectivity index (χ4v) is 1.64. The van der Waals surface area contributed by atoms with Gasteiger partial charge in [-0.3, -0.25) is 4.79 Å². The molecule has 0 aromatic heterocycles. The van der Waals surface area contributed by atoms with E-state index in [4.69, 9.17) is 9.84 Å². The molecule has 0 spiro atoms. The molecular formula is C11H17NO5. The molecule has 0 bridgehead atoms. The first-order valence-electron chi connectivity index (χ1n) is 5.50. The Kier molecular flexibility index (Phi) is 3.75. The zero-order valence-corrected chi connectivity index (χ0v) is 10.2. The van der Waals surface area contributed by atoms with Gasteiger partial charge in [0.15, 0.2) is 0 Å². The van der Waals surface area contributed by atoms with Gasteiger partial charge in [0.05, 0.1) is 0 Å². The molecule has 0 aliphatic carbocycles. The van der Waals surface area contributed by atoms with Crippen molar-refractivity contribution < 1.29 is 24.2 Å². The number of likely N-dealkylation sites (tertiary alicyclic amines) is 1. The van der Waals surface area contributed by atoms with Crippen LogP contribution in [0.2, 0.25) is 0 Å². The molecule has 0 unspecified atom stereocenters. The number of hydrogen-bond donors (Lipinski definition) is 1. The monoisotopic (exact) mass is 243 g/mol. The van der Waals surface area contributed by atoms with Crippen molar-refractivity contribution in [1.82, 2.24) is 4.90 Å². The van der Waals surface area contributed by atoms with Crippen LogP contribution in [-0.2, 0) is 14.3 Å². The van der Waals surface area contributed by atoms with Gasteiger partial charge in [-0.05, 0) is 33.6 Å². The molecule has 1 fully saturated rings. The minimum Gasteiger partial charge on any atom is -0.480 e. The Morgan fingerprint density at radius 2 is 2.00 bits per heavy atom. The lowest BCUT2D eigenvalue weighted by molar-refractivity contribution is -0.152. The normalized spacial score (nSPS) is 21.2. The number of rotatable bonds is 1. The number of carbonyl (C=O) groups excluding carboxylic acids is 2. The van der Waals surface area contributed by atoms with E-state index < -0.39 is 29.6 Å². The van der Waals surface area contributed by atoms with Crippen molar-refractivity contribution >= 4 is 18.0 Å². The molecule has 1 aliphatic rings. The second-order valence-electron chi connectivity index (χ2n) is 4.99. The molecule has 17 heavy (non-hydrogen) atoms. The van der Waals surface area contributed by atoms with Crippen LogP contribution in [0.1, 0.15) is 40.0 Å². The summed E-state index contributed by atoms with van der Waals surface area (Å²) in [6.07, 6.45) is 0.0629. The van der Waals surface area contributed by atoms with E-state index in [0.717, 1.165) is 4.90 Å². The summed E-state index contributed by atoms with van der Waals surface area (Å²) in [6, 6.07) is -1.11. The molecule has 2 amide bonds. The van der Waals surface area contributed by atoms with Gasteiger partial charge in [-0.25, -0.2) is 14.5 Å². The minimum atomic E-state index is -1.18. The number of piperidine rings is 1. The summed E-state index contributed by atoms with van der Waals surface area (Å²) in [4.78, 5) is 35.1. The lowest BCUT2D eigenvalue weighted by Crippen LogP contribution is -2.52. The standard InChI is InChI=1S/C11H17NO5/c1-11(2,3)17-10(16)12-7(9(14)15)5-4-6-8(12)13/h7H,4-6H2,1-3H3,(H,14,15)/t7-/m0/s1. The quantitative estimate of drug-likeness (QED) is 0.752. The van der Waals surface area contributed by atoms with E-state index in [0.29, 0.717) is 6.42 Å². The van der Waals surface area contributed by atoms with Crippen LogP contribution in [0, 0.1) is 0 Å². The number of aliphatic carboxylic acids is 1. The molecule has 0 aromatic carbocycles. The van der Waals surface area contributed by atoms with Gasteiger partial charge < -0.3 is 9.84 Å². The lowest BCUT2D eigenvalue weighted by Gasteiger charge is -2.32. The van der Waals surface area contributed by atoms with Crippen LogP contribution in [0.25, 0.3) is 0 Å². The van der Waals surface area contributed by atoms with Crippen LogP contribution < -0.4 is 0 Å². The summed E-state index contributed by atoms with van der Waals surface area (Å²) in [5.41, 5.74) is -0.752. The van der Waals surface area contributed by atoms with Crippen molar-refractivity contribution in [2.24, 2.45) is 0 Å². The first-order valence-corrected chi connectivity index (χ1v) is 5.50. The SMILES string of the molecule is CC(C)(C)OC(=O)N1C(=O)CCC[C@H]1C(=O)O. The van der Waals surface area contributed by atoms with Gasteiger partial charge in [0.25, 0.3) is 0 Å². The maximum atomic E-state index is 11.8. The van der Waals surface area contributed by atoms with Crippen molar-refractivity contribution in [3.8, 4) is 0 Å². The lowest BCUT2D eigenvalue weighted by atomic mass is 10.0. The topological polar surface area (TPSA) is 83.9 Å². The molecule has 0 radical (unpaired) electrons. The summed E-state index contributed by atoms with van der Waals surface area (Å²) >= 11 is 0. The van der Waals surface area contributed by atoms with Crippen LogP contribution >= 0.6 is 0 Å². The molecule has 6 nitrogen and oxygen atoms in total. The van der Waals surface area contributed by atoms with Crippen molar-refractivity contribution in [3.63, 3.8) is 0 Å². The molecule has 1 saturated heterocycles. The highest BCUT2D eigenvalue weighted by Gasteiger charge is 2.39. The Labute approximate surface area is 99.5 Å². The van der Waals surface area contributed by atoms with Crippen molar-refractivity contribution in [2.45, 2.75) is 51.7 Å². The first kappa shape index (κ1) is 13.5. The Morgan fingerprint density at radius 3 is 2.47 bits per heavy atom. The number of amides is 2. The molecule has 0 aromatic rings. The third kappa shape index (κ3) is 3.44. The molecule has 96 valence electrons.